The Morgan fingerprint density at radius 3 is 2.29 bits per heavy atom. The summed E-state index contributed by atoms with van der Waals surface area (Å²) >= 11 is 0. The zero-order chi connectivity index (χ0) is 23.0. The van der Waals surface area contributed by atoms with E-state index in [-0.39, 0.29) is 29.8 Å². The summed E-state index contributed by atoms with van der Waals surface area (Å²) < 4.78 is 5.16. The zero-order valence-electron chi connectivity index (χ0n) is 17.0. The number of amides is 2. The minimum atomic E-state index is -1.39. The fraction of sp³-hybridized carbons (Fsp3) is 0.286. The number of ether oxygens (including phenoxy) is 1. The molecule has 164 valence electrons. The number of hydrogen-bond acceptors (Lipinski definition) is 6. The minimum absolute atomic E-state index is 0.165. The fourth-order valence-electron chi connectivity index (χ4n) is 3.03. The number of nitro groups is 1. The van der Waals surface area contributed by atoms with Gasteiger partial charge in [0, 0.05) is 37.5 Å². The first-order valence-electron chi connectivity index (χ1n) is 9.36. The van der Waals surface area contributed by atoms with Gasteiger partial charge in [0.2, 0.25) is 11.8 Å². The lowest BCUT2D eigenvalue weighted by molar-refractivity contribution is -0.384. The van der Waals surface area contributed by atoms with Crippen molar-refractivity contribution in [2.45, 2.75) is 31.8 Å². The van der Waals surface area contributed by atoms with E-state index in [0.717, 1.165) is 5.56 Å². The molecule has 0 aromatic heterocycles. The van der Waals surface area contributed by atoms with Crippen LogP contribution in [0.1, 0.15) is 18.1 Å². The van der Waals surface area contributed by atoms with Gasteiger partial charge in [-0.2, -0.15) is 0 Å². The van der Waals surface area contributed by atoms with Gasteiger partial charge in [-0.25, -0.2) is 4.79 Å². The molecular weight excluding hydrogens is 406 g/mol. The molecule has 0 spiro atoms. The molecule has 0 saturated carbocycles. The molecule has 2 aromatic carbocycles. The Balaban J connectivity index is 2.23. The number of benzene rings is 2. The predicted molar refractivity (Wildman–Crippen MR) is 111 cm³/mol. The average Bonchev–Trinajstić information content (AvgIpc) is 2.72. The van der Waals surface area contributed by atoms with Gasteiger partial charge >= 0.3 is 5.97 Å². The summed E-state index contributed by atoms with van der Waals surface area (Å²) in [5.41, 5.74) is 0.804. The van der Waals surface area contributed by atoms with E-state index in [9.17, 15) is 29.6 Å². The molecule has 0 fully saturated rings. The van der Waals surface area contributed by atoms with Crippen LogP contribution in [0.15, 0.2) is 48.5 Å². The summed E-state index contributed by atoms with van der Waals surface area (Å²) in [6.07, 6.45) is -0.0806. The number of hydrogen-bond donors (Lipinski definition) is 3. The van der Waals surface area contributed by atoms with Gasteiger partial charge in [-0.15, -0.1) is 0 Å². The van der Waals surface area contributed by atoms with Gasteiger partial charge < -0.3 is 20.5 Å². The summed E-state index contributed by atoms with van der Waals surface area (Å²) in [5.74, 6) is -2.20. The van der Waals surface area contributed by atoms with E-state index in [1.165, 1.54) is 32.2 Å². The lowest BCUT2D eigenvalue weighted by atomic mass is 10.0. The van der Waals surface area contributed by atoms with Gasteiger partial charge in [0.25, 0.3) is 5.69 Å². The van der Waals surface area contributed by atoms with Crippen LogP contribution in [0.4, 0.5) is 5.69 Å². The van der Waals surface area contributed by atoms with E-state index in [4.69, 9.17) is 4.74 Å². The minimum Gasteiger partial charge on any atom is -0.496 e. The van der Waals surface area contributed by atoms with Crippen LogP contribution in [0.25, 0.3) is 0 Å². The van der Waals surface area contributed by atoms with E-state index in [0.29, 0.717) is 0 Å². The molecule has 0 aliphatic carbocycles. The standard InChI is InChI=1S/C21H23N3O7/c1-13(25)22-17(10-14-6-4-3-5-7-14)20(26)23-18(21(27)28)12-15-11-16(24(29)30)8-9-19(15)31-2/h3-9,11,17-18H,10,12H2,1-2H3,(H,22,25)(H,23,26)(H,27,28)/t17-,18-/m0/s1. The van der Waals surface area contributed by atoms with Crippen LogP contribution in [0.3, 0.4) is 0 Å². The Hall–Kier alpha value is -3.95. The highest BCUT2D eigenvalue weighted by molar-refractivity contribution is 5.90. The third-order valence-electron chi connectivity index (χ3n) is 4.49. The molecule has 3 N–H and O–H groups in total. The quantitative estimate of drug-likeness (QED) is 0.382. The highest BCUT2D eigenvalue weighted by Crippen LogP contribution is 2.25. The second kappa shape index (κ2) is 10.7. The van der Waals surface area contributed by atoms with Gasteiger partial charge in [0.05, 0.1) is 12.0 Å². The molecule has 2 rings (SSSR count). The van der Waals surface area contributed by atoms with Gasteiger partial charge in [-0.1, -0.05) is 30.3 Å². The number of methoxy groups -OCH3 is 1. The second-order valence-corrected chi connectivity index (χ2v) is 6.80. The van der Waals surface area contributed by atoms with Crippen LogP contribution >= 0.6 is 0 Å². The lowest BCUT2D eigenvalue weighted by Crippen LogP contribution is -2.52. The molecule has 2 atom stereocenters. The molecule has 31 heavy (non-hydrogen) atoms. The Morgan fingerprint density at radius 1 is 1.06 bits per heavy atom. The van der Waals surface area contributed by atoms with Crippen LogP contribution in [0.2, 0.25) is 0 Å². The maximum atomic E-state index is 12.8. The van der Waals surface area contributed by atoms with Crippen molar-refractivity contribution in [3.05, 3.63) is 69.8 Å². The first-order chi connectivity index (χ1) is 14.7. The molecule has 0 bridgehead atoms. The van der Waals surface area contributed by atoms with Crippen molar-refractivity contribution < 1.29 is 29.2 Å². The van der Waals surface area contributed by atoms with Crippen LogP contribution in [-0.2, 0) is 27.2 Å². The number of carbonyl (C=O) groups is 3. The van der Waals surface area contributed by atoms with Crippen molar-refractivity contribution in [3.63, 3.8) is 0 Å². The molecule has 0 radical (unpaired) electrons. The van der Waals surface area contributed by atoms with Crippen LogP contribution in [-0.4, -0.2) is 47.0 Å². The third-order valence-corrected chi connectivity index (χ3v) is 4.49. The van der Waals surface area contributed by atoms with Gasteiger partial charge in [0.1, 0.15) is 17.8 Å². The first kappa shape index (κ1) is 23.3. The Bertz CT molecular complexity index is 963. The van der Waals surface area contributed by atoms with Gasteiger partial charge in [-0.05, 0) is 11.6 Å². The first-order valence-corrected chi connectivity index (χ1v) is 9.36. The van der Waals surface area contributed by atoms with Gasteiger partial charge in [-0.3, -0.25) is 19.7 Å². The predicted octanol–water partition coefficient (Wildman–Crippen LogP) is 1.46. The van der Waals surface area contributed by atoms with E-state index in [1.54, 1.807) is 24.3 Å². The Labute approximate surface area is 178 Å². The van der Waals surface area contributed by atoms with Crippen molar-refractivity contribution in [2.75, 3.05) is 7.11 Å². The molecule has 2 aromatic rings. The van der Waals surface area contributed by atoms with Crippen LogP contribution in [0.5, 0.6) is 5.75 Å². The highest BCUT2D eigenvalue weighted by Gasteiger charge is 2.28. The molecule has 0 saturated heterocycles. The summed E-state index contributed by atoms with van der Waals surface area (Å²) in [7, 11) is 1.35. The number of nitrogens with zero attached hydrogens (tertiary/aromatic N) is 1. The number of aliphatic carboxylic acids is 1. The van der Waals surface area contributed by atoms with E-state index in [1.807, 2.05) is 6.07 Å². The van der Waals surface area contributed by atoms with Crippen molar-refractivity contribution in [3.8, 4) is 5.75 Å². The normalized spacial score (nSPS) is 12.3. The molecule has 0 unspecified atom stereocenters. The van der Waals surface area contributed by atoms with Crippen molar-refractivity contribution in [2.24, 2.45) is 0 Å². The maximum Gasteiger partial charge on any atom is 0.326 e. The largest absolute Gasteiger partial charge is 0.496 e. The molecular formula is C21H23N3O7. The Kier molecular flexibility index (Phi) is 8.07. The molecule has 10 nitrogen and oxygen atoms in total. The topological polar surface area (TPSA) is 148 Å². The summed E-state index contributed by atoms with van der Waals surface area (Å²) in [5, 5.41) is 25.6. The molecule has 10 heteroatoms. The zero-order valence-corrected chi connectivity index (χ0v) is 17.0. The number of non-ortho nitro benzene ring substituents is 1. The van der Waals surface area contributed by atoms with E-state index in [2.05, 4.69) is 10.6 Å². The summed E-state index contributed by atoms with van der Waals surface area (Å²) in [4.78, 5) is 46.6. The second-order valence-electron chi connectivity index (χ2n) is 6.80. The van der Waals surface area contributed by atoms with Crippen molar-refractivity contribution in [1.82, 2.24) is 10.6 Å². The number of nitrogens with one attached hydrogen (secondary N) is 2. The van der Waals surface area contributed by atoms with Crippen molar-refractivity contribution >= 4 is 23.5 Å². The van der Waals surface area contributed by atoms with Crippen LogP contribution in [0, 0.1) is 10.1 Å². The van der Waals surface area contributed by atoms with E-state index >= 15 is 0 Å². The highest BCUT2D eigenvalue weighted by atomic mass is 16.6. The van der Waals surface area contributed by atoms with Crippen molar-refractivity contribution in [1.29, 1.82) is 0 Å². The number of nitro benzene ring substituents is 1. The monoisotopic (exact) mass is 429 g/mol. The average molecular weight is 429 g/mol. The SMILES string of the molecule is COc1ccc([N+](=O)[O-])cc1C[C@H](NC(=O)[C@H](Cc1ccccc1)NC(C)=O)C(=O)O. The molecule has 0 aliphatic rings. The third kappa shape index (κ3) is 6.81. The summed E-state index contributed by atoms with van der Waals surface area (Å²) in [6.45, 7) is 1.26. The lowest BCUT2D eigenvalue weighted by Gasteiger charge is -2.21. The maximum absolute atomic E-state index is 12.8. The fourth-order valence-corrected chi connectivity index (χ4v) is 3.03. The molecule has 0 heterocycles. The number of rotatable bonds is 10. The number of carboxylic acids is 1. The Morgan fingerprint density at radius 2 is 1.74 bits per heavy atom. The smallest absolute Gasteiger partial charge is 0.326 e. The molecule has 0 aliphatic heterocycles. The van der Waals surface area contributed by atoms with E-state index < -0.39 is 34.8 Å². The number of carbonyl (C=O) groups excluding carboxylic acids is 2. The molecule has 2 amide bonds. The number of carboxylic acid groups (broad SMARTS) is 1. The van der Waals surface area contributed by atoms with Gasteiger partial charge in [0.15, 0.2) is 0 Å². The van der Waals surface area contributed by atoms with Crippen LogP contribution < -0.4 is 15.4 Å². The summed E-state index contributed by atoms with van der Waals surface area (Å²) in [6, 6.07) is 10.4.